The Bertz CT molecular complexity index is 2900. The Kier molecular flexibility index (Phi) is 7.22. The van der Waals surface area contributed by atoms with Crippen LogP contribution in [0.15, 0.2) is 182 Å². The number of aromatic nitrogens is 2. The average molecular weight is 684 g/mol. The Morgan fingerprint density at radius 2 is 1.04 bits per heavy atom. The molecule has 0 amide bonds. The van der Waals surface area contributed by atoms with Crippen molar-refractivity contribution in [2.75, 3.05) is 4.90 Å². The van der Waals surface area contributed by atoms with Crippen LogP contribution in [0.1, 0.15) is 5.69 Å². The van der Waals surface area contributed by atoms with Crippen molar-refractivity contribution < 1.29 is 0 Å². The molecule has 246 valence electrons. The Hall–Kier alpha value is -6.49. The first-order valence-electron chi connectivity index (χ1n) is 17.6. The first kappa shape index (κ1) is 30.3. The highest BCUT2D eigenvalue weighted by Gasteiger charge is 2.17. The smallest absolute Gasteiger partial charge is 0.0674 e. The molecule has 0 aliphatic rings. The summed E-state index contributed by atoms with van der Waals surface area (Å²) in [4.78, 5) is 6.97. The van der Waals surface area contributed by atoms with Gasteiger partial charge in [0.25, 0.3) is 0 Å². The summed E-state index contributed by atoms with van der Waals surface area (Å²) in [6.45, 7) is 2.08. The van der Waals surface area contributed by atoms with E-state index in [0.717, 1.165) is 28.4 Å². The number of nitrogens with zero attached hydrogens (tertiary/aromatic N) is 3. The van der Waals surface area contributed by atoms with Crippen LogP contribution in [-0.4, -0.2) is 9.55 Å². The van der Waals surface area contributed by atoms with Crippen molar-refractivity contribution in [1.29, 1.82) is 0 Å². The Labute approximate surface area is 306 Å². The first-order valence-corrected chi connectivity index (χ1v) is 18.4. The molecular formula is C48H33N3S. The highest BCUT2D eigenvalue weighted by molar-refractivity contribution is 7.25. The van der Waals surface area contributed by atoms with Crippen molar-refractivity contribution >= 4 is 70.4 Å². The topological polar surface area (TPSA) is 21.1 Å². The summed E-state index contributed by atoms with van der Waals surface area (Å²) in [6.07, 6.45) is 1.86. The lowest BCUT2D eigenvalue weighted by atomic mass is 10.0. The van der Waals surface area contributed by atoms with E-state index in [4.69, 9.17) is 0 Å². The third kappa shape index (κ3) is 5.07. The van der Waals surface area contributed by atoms with E-state index in [9.17, 15) is 0 Å². The Balaban J connectivity index is 1.07. The summed E-state index contributed by atoms with van der Waals surface area (Å²) in [7, 11) is 0. The summed E-state index contributed by atoms with van der Waals surface area (Å²) in [6, 6.07) is 63.7. The zero-order valence-corrected chi connectivity index (χ0v) is 29.4. The van der Waals surface area contributed by atoms with Gasteiger partial charge in [0.2, 0.25) is 0 Å². The summed E-state index contributed by atoms with van der Waals surface area (Å²) in [5.74, 6) is 0. The predicted octanol–water partition coefficient (Wildman–Crippen LogP) is 13.7. The van der Waals surface area contributed by atoms with Crippen LogP contribution in [0.25, 0.3) is 69.9 Å². The molecule has 0 saturated carbocycles. The third-order valence-electron chi connectivity index (χ3n) is 10.2. The molecule has 10 aromatic rings. The molecule has 0 aliphatic carbocycles. The number of hydrogen-bond donors (Lipinski definition) is 0. The fourth-order valence-corrected chi connectivity index (χ4v) is 8.80. The van der Waals surface area contributed by atoms with Gasteiger partial charge in [0, 0.05) is 54.2 Å². The number of hydrogen-bond acceptors (Lipinski definition) is 3. The number of benzene rings is 7. The molecule has 0 N–H and O–H groups in total. The summed E-state index contributed by atoms with van der Waals surface area (Å²) < 4.78 is 4.94. The molecule has 0 radical (unpaired) electrons. The van der Waals surface area contributed by atoms with Crippen molar-refractivity contribution in [3.8, 4) is 27.9 Å². The van der Waals surface area contributed by atoms with E-state index in [2.05, 4.69) is 191 Å². The van der Waals surface area contributed by atoms with Crippen molar-refractivity contribution in [2.24, 2.45) is 0 Å². The molecule has 0 unspecified atom stereocenters. The third-order valence-corrected chi connectivity index (χ3v) is 11.3. The quantitative estimate of drug-likeness (QED) is 0.174. The monoisotopic (exact) mass is 683 g/mol. The molecule has 0 atom stereocenters. The van der Waals surface area contributed by atoms with E-state index >= 15 is 0 Å². The second-order valence-corrected chi connectivity index (χ2v) is 14.4. The van der Waals surface area contributed by atoms with Gasteiger partial charge >= 0.3 is 0 Å². The molecule has 3 heterocycles. The minimum absolute atomic E-state index is 1.01. The molecule has 0 spiro atoms. The molecule has 0 aliphatic heterocycles. The van der Waals surface area contributed by atoms with Crippen LogP contribution in [0, 0.1) is 6.92 Å². The van der Waals surface area contributed by atoms with Crippen molar-refractivity contribution in [1.82, 2.24) is 9.55 Å². The number of fused-ring (bicyclic) bond motifs is 6. The minimum atomic E-state index is 1.01. The summed E-state index contributed by atoms with van der Waals surface area (Å²) >= 11 is 1.85. The minimum Gasteiger partial charge on any atom is -0.310 e. The second-order valence-electron chi connectivity index (χ2n) is 13.3. The molecular weight excluding hydrogens is 651 g/mol. The van der Waals surface area contributed by atoms with Crippen LogP contribution in [0.3, 0.4) is 0 Å². The van der Waals surface area contributed by atoms with Gasteiger partial charge in [-0.05, 0) is 102 Å². The molecule has 0 saturated heterocycles. The molecule has 3 nitrogen and oxygen atoms in total. The van der Waals surface area contributed by atoms with Gasteiger partial charge in [0.1, 0.15) is 0 Å². The molecule has 0 bridgehead atoms. The van der Waals surface area contributed by atoms with E-state index in [1.807, 2.05) is 23.6 Å². The molecule has 52 heavy (non-hydrogen) atoms. The van der Waals surface area contributed by atoms with Gasteiger partial charge in [-0.15, -0.1) is 11.3 Å². The van der Waals surface area contributed by atoms with Gasteiger partial charge < -0.3 is 9.47 Å². The van der Waals surface area contributed by atoms with E-state index in [1.54, 1.807) is 0 Å². The molecule has 3 aromatic heterocycles. The zero-order valence-electron chi connectivity index (χ0n) is 28.6. The molecule has 7 aromatic carbocycles. The molecule has 0 fully saturated rings. The van der Waals surface area contributed by atoms with Gasteiger partial charge in [-0.1, -0.05) is 103 Å². The molecule has 10 rings (SSSR count). The standard InChI is InChI=1S/C48H33N3S/c1-32-44(15-9-29-49-32)51-45-14-7-5-12-40(45)43-30-36(21-28-46(43)51)35-19-24-38(25-20-35)50(37-22-17-34(18-23-37)33-10-3-2-4-11-33)39-26-27-42-41-13-6-8-16-47(41)52-48(42)31-39/h2-31H,1H3. The number of aryl methyl sites for hydroxylation is 1. The lowest BCUT2D eigenvalue weighted by Crippen LogP contribution is -2.09. The van der Waals surface area contributed by atoms with E-state index in [-0.39, 0.29) is 0 Å². The number of rotatable bonds is 6. The predicted molar refractivity (Wildman–Crippen MR) is 222 cm³/mol. The van der Waals surface area contributed by atoms with Crippen LogP contribution in [-0.2, 0) is 0 Å². The van der Waals surface area contributed by atoms with E-state index < -0.39 is 0 Å². The van der Waals surface area contributed by atoms with Gasteiger partial charge in [0.05, 0.1) is 22.4 Å². The SMILES string of the molecule is Cc1ncccc1-n1c2ccccc2c2cc(-c3ccc(N(c4ccc(-c5ccccc5)cc4)c4ccc5c(c4)sc4ccccc45)cc3)ccc21. The lowest BCUT2D eigenvalue weighted by Gasteiger charge is -2.26. The highest BCUT2D eigenvalue weighted by Crippen LogP contribution is 2.42. The van der Waals surface area contributed by atoms with Crippen LogP contribution < -0.4 is 4.90 Å². The number of pyridine rings is 1. The lowest BCUT2D eigenvalue weighted by molar-refractivity contribution is 1.08. The fraction of sp³-hybridized carbons (Fsp3) is 0.0208. The number of thiophene rings is 1. The maximum absolute atomic E-state index is 4.60. The van der Waals surface area contributed by atoms with Crippen LogP contribution in [0.4, 0.5) is 17.1 Å². The van der Waals surface area contributed by atoms with Gasteiger partial charge in [-0.2, -0.15) is 0 Å². The van der Waals surface area contributed by atoms with Crippen LogP contribution in [0.5, 0.6) is 0 Å². The second kappa shape index (κ2) is 12.4. The van der Waals surface area contributed by atoms with Gasteiger partial charge in [-0.3, -0.25) is 4.98 Å². The zero-order chi connectivity index (χ0) is 34.6. The maximum Gasteiger partial charge on any atom is 0.0674 e. The maximum atomic E-state index is 4.60. The largest absolute Gasteiger partial charge is 0.310 e. The summed E-state index contributed by atoms with van der Waals surface area (Å²) in [5, 5.41) is 5.08. The number of para-hydroxylation sites is 1. The van der Waals surface area contributed by atoms with Crippen molar-refractivity contribution in [3.63, 3.8) is 0 Å². The van der Waals surface area contributed by atoms with Crippen LogP contribution >= 0.6 is 11.3 Å². The van der Waals surface area contributed by atoms with E-state index in [1.165, 1.54) is 64.2 Å². The Morgan fingerprint density at radius 1 is 0.442 bits per heavy atom. The summed E-state index contributed by atoms with van der Waals surface area (Å²) in [5.41, 5.74) is 12.6. The van der Waals surface area contributed by atoms with Gasteiger partial charge in [-0.25, -0.2) is 0 Å². The van der Waals surface area contributed by atoms with Crippen molar-refractivity contribution in [3.05, 3.63) is 188 Å². The normalized spacial score (nSPS) is 11.6. The average Bonchev–Trinajstić information content (AvgIpc) is 3.74. The first-order chi connectivity index (χ1) is 25.7. The van der Waals surface area contributed by atoms with E-state index in [0.29, 0.717) is 0 Å². The number of anilines is 3. The molecule has 4 heteroatoms. The van der Waals surface area contributed by atoms with Crippen molar-refractivity contribution in [2.45, 2.75) is 6.92 Å². The highest BCUT2D eigenvalue weighted by atomic mass is 32.1. The Morgan fingerprint density at radius 3 is 1.81 bits per heavy atom. The fourth-order valence-electron chi connectivity index (χ4n) is 7.66. The van der Waals surface area contributed by atoms with Crippen LogP contribution in [0.2, 0.25) is 0 Å². The van der Waals surface area contributed by atoms with Gasteiger partial charge in [0.15, 0.2) is 0 Å².